The molecule has 3 fully saturated rings. The van der Waals surface area contributed by atoms with Crippen LogP contribution in [0, 0.1) is 23.2 Å². The minimum atomic E-state index is -0.506. The first-order valence-electron chi connectivity index (χ1n) is 13.8. The zero-order chi connectivity index (χ0) is 28.4. The van der Waals surface area contributed by atoms with Gasteiger partial charge in [-0.15, -0.1) is 0 Å². The number of fused-ring (bicyclic) bond motifs is 1. The van der Waals surface area contributed by atoms with E-state index in [2.05, 4.69) is 25.7 Å². The van der Waals surface area contributed by atoms with Gasteiger partial charge in [0.2, 0.25) is 11.9 Å². The third-order valence-corrected chi connectivity index (χ3v) is 8.04. The maximum atomic E-state index is 12.4. The number of carbonyl (C=O) groups excluding carboxylic acids is 2. The number of nitriles is 1. The zero-order valence-electron chi connectivity index (χ0n) is 23.1. The second kappa shape index (κ2) is 11.5. The molecule has 12 nitrogen and oxygen atoms in total. The SMILES string of the molecule is CC(C)(C)OC(=O)N1CCC(n2cc(Nc3ncc(Cl)c(NC4CC5CN(C(=O)CC#N)CC5C4)n3)cn2)CC1. The largest absolute Gasteiger partial charge is 0.444 e. The summed E-state index contributed by atoms with van der Waals surface area (Å²) in [7, 11) is 0. The second-order valence-electron chi connectivity index (χ2n) is 11.9. The Kier molecular flexibility index (Phi) is 8.03. The van der Waals surface area contributed by atoms with Gasteiger partial charge in [0.1, 0.15) is 17.0 Å². The summed E-state index contributed by atoms with van der Waals surface area (Å²) in [5.74, 6) is 1.74. The molecule has 214 valence electrons. The average molecular weight is 570 g/mol. The van der Waals surface area contributed by atoms with Crippen molar-refractivity contribution in [3.63, 3.8) is 0 Å². The smallest absolute Gasteiger partial charge is 0.410 e. The summed E-state index contributed by atoms with van der Waals surface area (Å²) < 4.78 is 7.41. The molecular formula is C27H36ClN9O3. The summed E-state index contributed by atoms with van der Waals surface area (Å²) in [5, 5.41) is 20.5. The van der Waals surface area contributed by atoms with Gasteiger partial charge in [-0.3, -0.25) is 9.48 Å². The van der Waals surface area contributed by atoms with Gasteiger partial charge in [-0.1, -0.05) is 11.6 Å². The molecule has 2 unspecified atom stereocenters. The number of nitrogens with zero attached hydrogens (tertiary/aromatic N) is 7. The summed E-state index contributed by atoms with van der Waals surface area (Å²) in [5.41, 5.74) is 0.259. The van der Waals surface area contributed by atoms with E-state index in [4.69, 9.17) is 21.6 Å². The van der Waals surface area contributed by atoms with Gasteiger partial charge < -0.3 is 25.2 Å². The molecule has 2 N–H and O–H groups in total. The molecule has 2 aromatic heterocycles. The topological polar surface area (TPSA) is 141 Å². The number of likely N-dealkylation sites (tertiary alicyclic amines) is 2. The lowest BCUT2D eigenvalue weighted by Crippen LogP contribution is -2.42. The fourth-order valence-electron chi connectivity index (χ4n) is 5.89. The summed E-state index contributed by atoms with van der Waals surface area (Å²) in [6.45, 7) is 8.27. The molecule has 2 saturated heterocycles. The van der Waals surface area contributed by atoms with E-state index >= 15 is 0 Å². The highest BCUT2D eigenvalue weighted by molar-refractivity contribution is 6.32. The predicted molar refractivity (Wildman–Crippen MR) is 149 cm³/mol. The van der Waals surface area contributed by atoms with Crippen molar-refractivity contribution in [1.29, 1.82) is 5.26 Å². The van der Waals surface area contributed by atoms with Crippen LogP contribution in [-0.4, -0.2) is 79.4 Å². The van der Waals surface area contributed by atoms with Gasteiger partial charge in [-0.2, -0.15) is 15.3 Å². The molecular weight excluding hydrogens is 534 g/mol. The third-order valence-electron chi connectivity index (χ3n) is 7.77. The van der Waals surface area contributed by atoms with E-state index in [9.17, 15) is 9.59 Å². The standard InChI is InChI=1S/C27H36ClN9O3/c1-27(2,3)40-26(39)35-8-5-21(6-9-35)37-16-20(12-31-37)33-25-30-13-22(28)24(34-25)32-19-10-17-14-36(15-18(17)11-19)23(38)4-7-29/h12-13,16-19,21H,4-6,8-11,14-15H2,1-3H3,(H2,30,32,33,34). The lowest BCUT2D eigenvalue weighted by Gasteiger charge is -2.33. The van der Waals surface area contributed by atoms with Crippen LogP contribution < -0.4 is 10.6 Å². The number of halogens is 1. The van der Waals surface area contributed by atoms with Crippen molar-refractivity contribution in [3.05, 3.63) is 23.6 Å². The van der Waals surface area contributed by atoms with E-state index in [0.29, 0.717) is 54.8 Å². The molecule has 2 aliphatic heterocycles. The Hall–Kier alpha value is -3.59. The zero-order valence-corrected chi connectivity index (χ0v) is 23.9. The Morgan fingerprint density at radius 2 is 1.85 bits per heavy atom. The molecule has 0 spiro atoms. The van der Waals surface area contributed by atoms with Gasteiger partial charge in [0.25, 0.3) is 0 Å². The number of hydrogen-bond acceptors (Lipinski definition) is 9. The van der Waals surface area contributed by atoms with Crippen LogP contribution in [0.15, 0.2) is 18.6 Å². The fourth-order valence-corrected chi connectivity index (χ4v) is 6.04. The van der Waals surface area contributed by atoms with Crippen LogP contribution in [0.25, 0.3) is 0 Å². The molecule has 2 aromatic rings. The van der Waals surface area contributed by atoms with E-state index in [-0.39, 0.29) is 30.5 Å². The Labute approximate surface area is 239 Å². The quantitative estimate of drug-likeness (QED) is 0.523. The molecule has 0 aromatic carbocycles. The van der Waals surface area contributed by atoms with Crippen molar-refractivity contribution >= 4 is 41.1 Å². The molecule has 1 saturated carbocycles. The summed E-state index contributed by atoms with van der Waals surface area (Å²) >= 11 is 6.42. The Morgan fingerprint density at radius 1 is 1.15 bits per heavy atom. The maximum Gasteiger partial charge on any atom is 0.410 e. The van der Waals surface area contributed by atoms with Crippen molar-refractivity contribution in [2.45, 2.75) is 70.6 Å². The fraction of sp³-hybridized carbons (Fsp3) is 0.630. The van der Waals surface area contributed by atoms with Gasteiger partial charge in [-0.25, -0.2) is 9.78 Å². The van der Waals surface area contributed by atoms with Crippen molar-refractivity contribution in [2.75, 3.05) is 36.8 Å². The van der Waals surface area contributed by atoms with Gasteiger partial charge >= 0.3 is 6.09 Å². The van der Waals surface area contributed by atoms with E-state index in [1.54, 1.807) is 17.3 Å². The number of anilines is 3. The highest BCUT2D eigenvalue weighted by Crippen LogP contribution is 2.40. The molecule has 0 bridgehead atoms. The van der Waals surface area contributed by atoms with E-state index in [0.717, 1.165) is 31.4 Å². The number of rotatable bonds is 6. The predicted octanol–water partition coefficient (Wildman–Crippen LogP) is 4.20. The number of carbonyl (C=O) groups is 2. The number of aromatic nitrogens is 4. The number of hydrogen-bond donors (Lipinski definition) is 2. The van der Waals surface area contributed by atoms with E-state index in [1.165, 1.54) is 0 Å². The first-order chi connectivity index (χ1) is 19.1. The molecule has 40 heavy (non-hydrogen) atoms. The van der Waals surface area contributed by atoms with Crippen molar-refractivity contribution in [1.82, 2.24) is 29.5 Å². The molecule has 1 aliphatic carbocycles. The summed E-state index contributed by atoms with van der Waals surface area (Å²) in [6.07, 6.45) is 8.34. The van der Waals surface area contributed by atoms with Crippen LogP contribution in [0.4, 0.5) is 22.2 Å². The Bertz CT molecular complexity index is 1260. The summed E-state index contributed by atoms with van der Waals surface area (Å²) in [4.78, 5) is 36.9. The monoisotopic (exact) mass is 569 g/mol. The first-order valence-corrected chi connectivity index (χ1v) is 14.2. The van der Waals surface area contributed by atoms with Gasteiger partial charge in [0.05, 0.1) is 30.2 Å². The second-order valence-corrected chi connectivity index (χ2v) is 12.3. The van der Waals surface area contributed by atoms with Crippen LogP contribution in [-0.2, 0) is 9.53 Å². The highest BCUT2D eigenvalue weighted by atomic mass is 35.5. The third kappa shape index (κ3) is 6.58. The first kappa shape index (κ1) is 28.0. The number of ether oxygens (including phenoxy) is 1. The molecule has 3 aliphatic rings. The van der Waals surface area contributed by atoms with Crippen LogP contribution >= 0.6 is 11.6 Å². The number of piperidine rings is 1. The molecule has 0 radical (unpaired) electrons. The molecule has 13 heteroatoms. The molecule has 2 amide bonds. The molecule has 5 rings (SSSR count). The van der Waals surface area contributed by atoms with Gasteiger partial charge in [0, 0.05) is 38.4 Å². The molecule has 2 atom stereocenters. The maximum absolute atomic E-state index is 12.4. The van der Waals surface area contributed by atoms with Gasteiger partial charge in [0.15, 0.2) is 5.82 Å². The Morgan fingerprint density at radius 3 is 2.50 bits per heavy atom. The summed E-state index contributed by atoms with van der Waals surface area (Å²) in [6, 6.07) is 2.34. The van der Waals surface area contributed by atoms with Crippen LogP contribution in [0.5, 0.6) is 0 Å². The number of nitrogens with one attached hydrogen (secondary N) is 2. The van der Waals surface area contributed by atoms with Crippen molar-refractivity contribution in [3.8, 4) is 6.07 Å². The highest BCUT2D eigenvalue weighted by Gasteiger charge is 2.42. The van der Waals surface area contributed by atoms with Crippen LogP contribution in [0.3, 0.4) is 0 Å². The van der Waals surface area contributed by atoms with Crippen LogP contribution in [0.1, 0.15) is 58.9 Å². The minimum Gasteiger partial charge on any atom is -0.444 e. The average Bonchev–Trinajstić information content (AvgIpc) is 3.61. The van der Waals surface area contributed by atoms with Gasteiger partial charge in [-0.05, 0) is 58.3 Å². The van der Waals surface area contributed by atoms with Crippen molar-refractivity contribution < 1.29 is 14.3 Å². The minimum absolute atomic E-state index is 0.0559. The molecule has 4 heterocycles. The van der Waals surface area contributed by atoms with Crippen LogP contribution in [0.2, 0.25) is 5.02 Å². The van der Waals surface area contributed by atoms with E-state index in [1.807, 2.05) is 42.6 Å². The normalized spacial score (nSPS) is 23.0. The lowest BCUT2D eigenvalue weighted by atomic mass is 10.0. The number of amides is 2. The van der Waals surface area contributed by atoms with E-state index < -0.39 is 5.60 Å². The lowest BCUT2D eigenvalue weighted by molar-refractivity contribution is -0.129. The van der Waals surface area contributed by atoms with Crippen molar-refractivity contribution in [2.24, 2.45) is 11.8 Å². The Balaban J connectivity index is 1.13.